The van der Waals surface area contributed by atoms with Gasteiger partial charge in [-0.2, -0.15) is 10.4 Å². The van der Waals surface area contributed by atoms with Crippen molar-refractivity contribution >= 4 is 49.7 Å². The molecule has 1 aromatic heterocycles. The molecule has 1 aromatic carbocycles. The summed E-state index contributed by atoms with van der Waals surface area (Å²) >= 11 is 6.46. The Morgan fingerprint density at radius 3 is 2.83 bits per heavy atom. The maximum atomic E-state index is 12.0. The zero-order valence-corrected chi connectivity index (χ0v) is 19.0. The van der Waals surface area contributed by atoms with Crippen LogP contribution in [0.2, 0.25) is 0 Å². The minimum atomic E-state index is -0.600. The molecule has 0 fully saturated rings. The number of hydrazone groups is 1. The van der Waals surface area contributed by atoms with Crippen LogP contribution in [0, 0.1) is 28.4 Å². The van der Waals surface area contributed by atoms with Gasteiger partial charge in [-0.25, -0.2) is 10.4 Å². The van der Waals surface area contributed by atoms with E-state index in [0.717, 1.165) is 0 Å². The van der Waals surface area contributed by atoms with E-state index in [1.54, 1.807) is 13.0 Å². The van der Waals surface area contributed by atoms with Crippen molar-refractivity contribution in [3.63, 3.8) is 0 Å². The number of benzene rings is 1. The number of halogens is 2. The van der Waals surface area contributed by atoms with Crippen LogP contribution in [0.1, 0.15) is 22.4 Å². The first-order valence-corrected chi connectivity index (χ1v) is 9.83. The molecule has 0 bridgehead atoms. The number of nitro benzene ring substituents is 1. The summed E-state index contributed by atoms with van der Waals surface area (Å²) in [7, 11) is 1.50. The summed E-state index contributed by atoms with van der Waals surface area (Å²) in [5.74, 6) is -0.592. The number of nitrogens with one attached hydrogen (secondary N) is 1. The van der Waals surface area contributed by atoms with Crippen molar-refractivity contribution in [2.24, 2.45) is 5.10 Å². The van der Waals surface area contributed by atoms with Crippen LogP contribution in [-0.2, 0) is 16.1 Å². The van der Waals surface area contributed by atoms with Crippen LogP contribution >= 0.6 is 31.9 Å². The first-order valence-electron chi connectivity index (χ1n) is 8.25. The summed E-state index contributed by atoms with van der Waals surface area (Å²) in [6.07, 6.45) is 1.26. The number of aromatic nitrogens is 1. The molecule has 1 amide bonds. The van der Waals surface area contributed by atoms with Crippen LogP contribution in [-0.4, -0.2) is 35.7 Å². The molecule has 30 heavy (non-hydrogen) atoms. The smallest absolute Gasteiger partial charge is 0.284 e. The molecular weight excluding hydrogens is 526 g/mol. The van der Waals surface area contributed by atoms with Crippen molar-refractivity contribution in [3.05, 3.63) is 59.6 Å². The van der Waals surface area contributed by atoms with E-state index in [1.807, 2.05) is 6.07 Å². The van der Waals surface area contributed by atoms with E-state index in [4.69, 9.17) is 9.47 Å². The summed E-state index contributed by atoms with van der Waals surface area (Å²) in [5.41, 5.74) is 3.85. The predicted molar refractivity (Wildman–Crippen MR) is 114 cm³/mol. The number of pyridine rings is 1. The van der Waals surface area contributed by atoms with E-state index in [-0.39, 0.29) is 23.7 Å². The first-order chi connectivity index (χ1) is 14.3. The fourth-order valence-electron chi connectivity index (χ4n) is 2.31. The van der Waals surface area contributed by atoms with Gasteiger partial charge >= 0.3 is 0 Å². The second-order valence-electron chi connectivity index (χ2n) is 5.76. The minimum absolute atomic E-state index is 0.00733. The molecule has 0 saturated heterocycles. The Balaban J connectivity index is 2.05. The van der Waals surface area contributed by atoms with Gasteiger partial charge in [-0.1, -0.05) is 6.07 Å². The zero-order chi connectivity index (χ0) is 22.3. The lowest BCUT2D eigenvalue weighted by Gasteiger charge is -2.13. The number of amides is 1. The van der Waals surface area contributed by atoms with Crippen LogP contribution in [0.3, 0.4) is 0 Å². The highest BCUT2D eigenvalue weighted by Gasteiger charge is 2.18. The molecule has 0 aliphatic heterocycles. The summed E-state index contributed by atoms with van der Waals surface area (Å²) < 4.78 is 11.5. The normalized spacial score (nSPS) is 10.6. The molecule has 12 heteroatoms. The summed E-state index contributed by atoms with van der Waals surface area (Å²) in [5, 5.41) is 24.1. The lowest BCUT2D eigenvalue weighted by molar-refractivity contribution is -0.385. The molecule has 2 rings (SSSR count). The Labute approximate surface area is 188 Å². The zero-order valence-electron chi connectivity index (χ0n) is 15.8. The maximum absolute atomic E-state index is 12.0. The molecule has 0 atom stereocenters. The average molecular weight is 541 g/mol. The van der Waals surface area contributed by atoms with Crippen LogP contribution in [0.15, 0.2) is 32.2 Å². The molecule has 1 heterocycles. The number of rotatable bonds is 8. The molecule has 2 aromatic rings. The van der Waals surface area contributed by atoms with E-state index >= 15 is 0 Å². The molecule has 0 saturated carbocycles. The highest BCUT2D eigenvalue weighted by molar-refractivity contribution is 9.11. The third-order valence-electron chi connectivity index (χ3n) is 3.68. The van der Waals surface area contributed by atoms with Crippen molar-refractivity contribution in [1.82, 2.24) is 10.4 Å². The summed E-state index contributed by atoms with van der Waals surface area (Å²) in [4.78, 5) is 26.6. The number of ether oxygens (including phenoxy) is 2. The van der Waals surface area contributed by atoms with Crippen LogP contribution < -0.4 is 10.2 Å². The lowest BCUT2D eigenvalue weighted by Crippen LogP contribution is -2.25. The molecular formula is C18H15Br2N5O5. The van der Waals surface area contributed by atoms with Gasteiger partial charge in [0, 0.05) is 28.8 Å². The van der Waals surface area contributed by atoms with E-state index < -0.39 is 17.4 Å². The van der Waals surface area contributed by atoms with Gasteiger partial charge in [0.15, 0.2) is 6.61 Å². The van der Waals surface area contributed by atoms with Crippen LogP contribution in [0.5, 0.6) is 5.88 Å². The summed E-state index contributed by atoms with van der Waals surface area (Å²) in [6, 6.07) is 6.41. The van der Waals surface area contributed by atoms with Gasteiger partial charge in [0.05, 0.1) is 27.9 Å². The molecule has 1 N–H and O–H groups in total. The third-order valence-corrected chi connectivity index (χ3v) is 5.40. The average Bonchev–Trinajstić information content (AvgIpc) is 2.71. The molecule has 0 aliphatic rings. The first kappa shape index (κ1) is 23.4. The SMILES string of the molecule is COCc1c(Br)c(C)nc(OCC(=O)N/N=C/c2ccc(Br)c([N+](=O)[O-])c2)c1C#N. The molecule has 0 unspecified atom stereocenters. The number of aryl methyl sites for hydroxylation is 1. The fourth-order valence-corrected chi connectivity index (χ4v) is 3.10. The van der Waals surface area contributed by atoms with E-state index in [1.165, 1.54) is 25.5 Å². The second kappa shape index (κ2) is 10.8. The number of carbonyl (C=O) groups is 1. The molecule has 10 nitrogen and oxygen atoms in total. The Morgan fingerprint density at radius 1 is 1.47 bits per heavy atom. The highest BCUT2D eigenvalue weighted by Crippen LogP contribution is 2.30. The second-order valence-corrected chi connectivity index (χ2v) is 7.41. The summed E-state index contributed by atoms with van der Waals surface area (Å²) in [6.45, 7) is 1.45. The maximum Gasteiger partial charge on any atom is 0.284 e. The van der Waals surface area contributed by atoms with E-state index in [9.17, 15) is 20.2 Å². The van der Waals surface area contributed by atoms with Crippen molar-refractivity contribution in [1.29, 1.82) is 5.26 Å². The third kappa shape index (κ3) is 5.82. The van der Waals surface area contributed by atoms with Crippen molar-refractivity contribution in [2.45, 2.75) is 13.5 Å². The Bertz CT molecular complexity index is 1050. The lowest BCUT2D eigenvalue weighted by atomic mass is 10.1. The number of hydrogen-bond donors (Lipinski definition) is 1. The van der Waals surface area contributed by atoms with Gasteiger partial charge in [-0.15, -0.1) is 0 Å². The van der Waals surface area contributed by atoms with Crippen molar-refractivity contribution in [3.8, 4) is 11.9 Å². The van der Waals surface area contributed by atoms with Gasteiger partial charge < -0.3 is 9.47 Å². The number of hydrogen-bond acceptors (Lipinski definition) is 8. The molecule has 156 valence electrons. The topological polar surface area (TPSA) is 140 Å². The largest absolute Gasteiger partial charge is 0.467 e. The Kier molecular flexibility index (Phi) is 8.40. The van der Waals surface area contributed by atoms with Crippen LogP contribution in [0.4, 0.5) is 5.69 Å². The molecule has 0 aliphatic carbocycles. The number of methoxy groups -OCH3 is 1. The van der Waals surface area contributed by atoms with Gasteiger partial charge in [-0.05, 0) is 44.8 Å². The van der Waals surface area contributed by atoms with Gasteiger partial charge in [0.25, 0.3) is 11.6 Å². The molecule has 0 spiro atoms. The highest BCUT2D eigenvalue weighted by atomic mass is 79.9. The molecule has 0 radical (unpaired) electrons. The Morgan fingerprint density at radius 2 is 2.20 bits per heavy atom. The number of nitrogens with zero attached hydrogens (tertiary/aromatic N) is 4. The standard InChI is InChI=1S/C18H15Br2N5O5/c1-10-17(20)13(8-29-2)12(6-21)18(23-10)30-9-16(26)24-22-7-11-3-4-14(19)15(5-11)25(27)28/h3-5,7H,8-9H2,1-2H3,(H,24,26)/b22-7+. The minimum Gasteiger partial charge on any atom is -0.467 e. The predicted octanol–water partition coefficient (Wildman–Crippen LogP) is 3.37. The van der Waals surface area contributed by atoms with Gasteiger partial charge in [0.1, 0.15) is 11.6 Å². The van der Waals surface area contributed by atoms with Gasteiger partial charge in [0.2, 0.25) is 5.88 Å². The monoisotopic (exact) mass is 539 g/mol. The van der Waals surface area contributed by atoms with Crippen molar-refractivity contribution in [2.75, 3.05) is 13.7 Å². The number of carbonyl (C=O) groups excluding carboxylic acids is 1. The van der Waals surface area contributed by atoms with Crippen molar-refractivity contribution < 1.29 is 19.2 Å². The quantitative estimate of drug-likeness (QED) is 0.307. The number of nitriles is 1. The van der Waals surface area contributed by atoms with Gasteiger partial charge in [-0.3, -0.25) is 14.9 Å². The van der Waals surface area contributed by atoms with Crippen LogP contribution in [0.25, 0.3) is 0 Å². The fraction of sp³-hybridized carbons (Fsp3) is 0.222. The van der Waals surface area contributed by atoms with E-state index in [0.29, 0.717) is 25.8 Å². The Hall–Kier alpha value is -2.88. The number of nitro groups is 1. The van der Waals surface area contributed by atoms with E-state index in [2.05, 4.69) is 47.4 Å².